The van der Waals surface area contributed by atoms with Gasteiger partial charge in [-0.3, -0.25) is 9.59 Å². The first-order chi connectivity index (χ1) is 11.4. The monoisotopic (exact) mass is 347 g/mol. The third kappa shape index (κ3) is 4.61. The van der Waals surface area contributed by atoms with E-state index in [0.717, 1.165) is 17.3 Å². The van der Waals surface area contributed by atoms with Gasteiger partial charge < -0.3 is 15.4 Å². The largest absolute Gasteiger partial charge is 0.493 e. The second-order valence-corrected chi connectivity index (χ2v) is 6.72. The van der Waals surface area contributed by atoms with E-state index in [1.807, 2.05) is 37.3 Å². The van der Waals surface area contributed by atoms with Crippen LogP contribution in [0.3, 0.4) is 0 Å². The molecule has 0 spiro atoms. The van der Waals surface area contributed by atoms with Crippen LogP contribution in [-0.4, -0.2) is 26.7 Å². The number of thioether (sulfide) groups is 1. The minimum Gasteiger partial charge on any atom is -0.493 e. The summed E-state index contributed by atoms with van der Waals surface area (Å²) in [7, 11) is 0. The van der Waals surface area contributed by atoms with Gasteiger partial charge in [0.2, 0.25) is 11.8 Å². The molecule has 0 saturated carbocycles. The molecule has 1 amide bonds. The van der Waals surface area contributed by atoms with Crippen LogP contribution in [0, 0.1) is 0 Å². The molecule has 1 atom stereocenters. The lowest BCUT2D eigenvalue weighted by molar-refractivity contribution is -0.119. The van der Waals surface area contributed by atoms with Crippen LogP contribution in [0.15, 0.2) is 40.3 Å². The number of aromatic amines is 1. The van der Waals surface area contributed by atoms with Gasteiger partial charge in [0.05, 0.1) is 17.4 Å². The Morgan fingerprint density at radius 1 is 1.29 bits per heavy atom. The van der Waals surface area contributed by atoms with E-state index in [0.29, 0.717) is 0 Å². The predicted molar refractivity (Wildman–Crippen MR) is 94.3 cm³/mol. The van der Waals surface area contributed by atoms with Crippen LogP contribution in [0.1, 0.15) is 43.9 Å². The van der Waals surface area contributed by atoms with Crippen molar-refractivity contribution >= 4 is 17.7 Å². The average molecular weight is 347 g/mol. The number of benzene rings is 1. The molecule has 3 N–H and O–H groups in total. The van der Waals surface area contributed by atoms with Gasteiger partial charge in [0, 0.05) is 0 Å². The average Bonchev–Trinajstić information content (AvgIpc) is 2.52. The summed E-state index contributed by atoms with van der Waals surface area (Å²) < 4.78 is 0. The fraction of sp³-hybridized carbons (Fsp3) is 0.353. The van der Waals surface area contributed by atoms with Crippen molar-refractivity contribution in [2.24, 2.45) is 0 Å². The number of rotatable bonds is 6. The van der Waals surface area contributed by atoms with Gasteiger partial charge >= 0.3 is 0 Å². The third-order valence-electron chi connectivity index (χ3n) is 3.51. The predicted octanol–water partition coefficient (Wildman–Crippen LogP) is 2.57. The fourth-order valence-electron chi connectivity index (χ4n) is 2.28. The van der Waals surface area contributed by atoms with Gasteiger partial charge in [0.25, 0.3) is 5.56 Å². The van der Waals surface area contributed by atoms with Gasteiger partial charge in [-0.2, -0.15) is 4.98 Å². The molecule has 1 aromatic heterocycles. The summed E-state index contributed by atoms with van der Waals surface area (Å²) in [6, 6.07) is 9.53. The van der Waals surface area contributed by atoms with Crippen molar-refractivity contribution in [3.63, 3.8) is 0 Å². The molecule has 0 radical (unpaired) electrons. The van der Waals surface area contributed by atoms with E-state index in [1.54, 1.807) is 13.8 Å². The molecule has 1 aromatic carbocycles. The molecule has 0 aliphatic rings. The van der Waals surface area contributed by atoms with Crippen molar-refractivity contribution in [3.8, 4) is 5.88 Å². The van der Waals surface area contributed by atoms with Crippen LogP contribution in [-0.2, 0) is 4.79 Å². The SMILES string of the molecule is CC(C)c1c(O)nc(SCC(=O)N[C@H](C)c2ccccc2)[nH]c1=O. The summed E-state index contributed by atoms with van der Waals surface area (Å²) in [5.41, 5.74) is 0.890. The van der Waals surface area contributed by atoms with Crippen LogP contribution in [0.25, 0.3) is 0 Å². The first-order valence-electron chi connectivity index (χ1n) is 7.68. The van der Waals surface area contributed by atoms with Gasteiger partial charge in [-0.05, 0) is 18.4 Å². The molecule has 0 aliphatic carbocycles. The highest BCUT2D eigenvalue weighted by atomic mass is 32.2. The van der Waals surface area contributed by atoms with E-state index in [4.69, 9.17) is 0 Å². The van der Waals surface area contributed by atoms with E-state index in [9.17, 15) is 14.7 Å². The van der Waals surface area contributed by atoms with Crippen molar-refractivity contribution in [3.05, 3.63) is 51.8 Å². The number of carbonyl (C=O) groups is 1. The van der Waals surface area contributed by atoms with Gasteiger partial charge in [-0.15, -0.1) is 0 Å². The smallest absolute Gasteiger partial charge is 0.258 e. The molecule has 7 heteroatoms. The van der Waals surface area contributed by atoms with E-state index in [-0.39, 0.29) is 45.8 Å². The standard InChI is InChI=1S/C17H21N3O3S/c1-10(2)14-15(22)19-17(20-16(14)23)24-9-13(21)18-11(3)12-7-5-4-6-8-12/h4-8,10-11H,9H2,1-3H3,(H,18,21)(H2,19,20,22,23)/t11-/m1/s1. The molecule has 0 aliphatic heterocycles. The Morgan fingerprint density at radius 3 is 2.54 bits per heavy atom. The molecule has 0 bridgehead atoms. The topological polar surface area (TPSA) is 95.1 Å². The Kier molecular flexibility index (Phi) is 6.03. The molecule has 128 valence electrons. The number of nitrogens with one attached hydrogen (secondary N) is 2. The Labute approximate surface area is 144 Å². The maximum absolute atomic E-state index is 12.0. The molecule has 24 heavy (non-hydrogen) atoms. The Bertz CT molecular complexity index is 759. The number of aromatic hydroxyl groups is 1. The van der Waals surface area contributed by atoms with Crippen LogP contribution in [0.5, 0.6) is 5.88 Å². The molecule has 2 rings (SSSR count). The van der Waals surface area contributed by atoms with Gasteiger partial charge in [-0.1, -0.05) is 55.9 Å². The second-order valence-electron chi connectivity index (χ2n) is 5.75. The normalized spacial score (nSPS) is 12.2. The van der Waals surface area contributed by atoms with Crippen molar-refractivity contribution in [1.29, 1.82) is 0 Å². The molecule has 1 heterocycles. The summed E-state index contributed by atoms with van der Waals surface area (Å²) in [6.07, 6.45) is 0. The van der Waals surface area contributed by atoms with Crippen molar-refractivity contribution in [2.75, 3.05) is 5.75 Å². The highest BCUT2D eigenvalue weighted by Gasteiger charge is 2.15. The lowest BCUT2D eigenvalue weighted by Gasteiger charge is -2.14. The maximum Gasteiger partial charge on any atom is 0.258 e. The van der Waals surface area contributed by atoms with Crippen molar-refractivity contribution in [1.82, 2.24) is 15.3 Å². The van der Waals surface area contributed by atoms with Crippen molar-refractivity contribution in [2.45, 2.75) is 37.9 Å². The number of aromatic nitrogens is 2. The van der Waals surface area contributed by atoms with Crippen LogP contribution in [0.4, 0.5) is 0 Å². The number of hydrogen-bond acceptors (Lipinski definition) is 5. The molecular formula is C17H21N3O3S. The number of hydrogen-bond donors (Lipinski definition) is 3. The van der Waals surface area contributed by atoms with Crippen LogP contribution < -0.4 is 10.9 Å². The lowest BCUT2D eigenvalue weighted by atomic mass is 10.1. The van der Waals surface area contributed by atoms with E-state index in [2.05, 4.69) is 15.3 Å². The number of H-pyrrole nitrogens is 1. The van der Waals surface area contributed by atoms with E-state index < -0.39 is 0 Å². The zero-order valence-electron chi connectivity index (χ0n) is 13.9. The molecule has 0 unspecified atom stereocenters. The number of carbonyl (C=O) groups excluding carboxylic acids is 1. The molecule has 0 saturated heterocycles. The number of nitrogens with zero attached hydrogens (tertiary/aromatic N) is 1. The molecule has 6 nitrogen and oxygen atoms in total. The summed E-state index contributed by atoms with van der Waals surface area (Å²) in [6.45, 7) is 5.51. The second kappa shape index (κ2) is 8.01. The summed E-state index contributed by atoms with van der Waals surface area (Å²) in [4.78, 5) is 30.5. The highest BCUT2D eigenvalue weighted by Crippen LogP contribution is 2.22. The molecule has 2 aromatic rings. The highest BCUT2D eigenvalue weighted by molar-refractivity contribution is 7.99. The lowest BCUT2D eigenvalue weighted by Crippen LogP contribution is -2.28. The van der Waals surface area contributed by atoms with Crippen LogP contribution >= 0.6 is 11.8 Å². The van der Waals surface area contributed by atoms with Crippen molar-refractivity contribution < 1.29 is 9.90 Å². The maximum atomic E-state index is 12.0. The number of amides is 1. The zero-order chi connectivity index (χ0) is 17.7. The van der Waals surface area contributed by atoms with Crippen LogP contribution in [0.2, 0.25) is 0 Å². The first kappa shape index (κ1) is 18.1. The van der Waals surface area contributed by atoms with Gasteiger partial charge in [-0.25, -0.2) is 0 Å². The van der Waals surface area contributed by atoms with Gasteiger partial charge in [0.1, 0.15) is 0 Å². The summed E-state index contributed by atoms with van der Waals surface area (Å²) >= 11 is 1.08. The Balaban J connectivity index is 1.96. The molecule has 0 fully saturated rings. The van der Waals surface area contributed by atoms with E-state index in [1.165, 1.54) is 0 Å². The minimum absolute atomic E-state index is 0.0978. The summed E-state index contributed by atoms with van der Waals surface area (Å²) in [5.74, 6) is -0.489. The Morgan fingerprint density at radius 2 is 1.96 bits per heavy atom. The van der Waals surface area contributed by atoms with Gasteiger partial charge in [0.15, 0.2) is 5.16 Å². The van der Waals surface area contributed by atoms with E-state index >= 15 is 0 Å². The Hall–Kier alpha value is -2.28. The molecular weight excluding hydrogens is 326 g/mol. The zero-order valence-corrected chi connectivity index (χ0v) is 14.7. The quantitative estimate of drug-likeness (QED) is 0.551. The minimum atomic E-state index is -0.377. The first-order valence-corrected chi connectivity index (χ1v) is 8.67. The fourth-order valence-corrected chi connectivity index (χ4v) is 2.95. The third-order valence-corrected chi connectivity index (χ3v) is 4.38. The summed E-state index contributed by atoms with van der Waals surface area (Å²) in [5, 5.41) is 13.0.